The summed E-state index contributed by atoms with van der Waals surface area (Å²) < 4.78 is 0. The molecule has 2 amide bonds. The maximum absolute atomic E-state index is 13.1. The van der Waals surface area contributed by atoms with E-state index in [2.05, 4.69) is 15.1 Å². The summed E-state index contributed by atoms with van der Waals surface area (Å²) in [5, 5.41) is 3.39. The molecule has 0 aliphatic carbocycles. The van der Waals surface area contributed by atoms with Gasteiger partial charge in [0.05, 0.1) is 23.3 Å². The number of carbonyl (C=O) groups is 2. The fourth-order valence-corrected chi connectivity index (χ4v) is 3.90. The van der Waals surface area contributed by atoms with E-state index in [-0.39, 0.29) is 17.9 Å². The number of hydrogen-bond donors (Lipinski definition) is 1. The summed E-state index contributed by atoms with van der Waals surface area (Å²) in [4.78, 5) is 31.5. The Morgan fingerprint density at radius 1 is 1.03 bits per heavy atom. The largest absolute Gasteiger partial charge is 0.324 e. The third-order valence-electron chi connectivity index (χ3n) is 5.48. The average molecular weight is 429 g/mol. The minimum absolute atomic E-state index is 0.0816. The third kappa shape index (κ3) is 5.59. The number of benzene rings is 2. The van der Waals surface area contributed by atoms with Crippen LogP contribution < -0.4 is 10.2 Å². The first-order chi connectivity index (χ1) is 14.5. The zero-order chi connectivity index (χ0) is 21.5. The van der Waals surface area contributed by atoms with Gasteiger partial charge in [0.15, 0.2) is 0 Å². The van der Waals surface area contributed by atoms with Crippen LogP contribution in [0.4, 0.5) is 11.4 Å². The summed E-state index contributed by atoms with van der Waals surface area (Å²) in [7, 11) is 0. The Hall–Kier alpha value is -2.41. The molecule has 0 bridgehead atoms. The first-order valence-corrected chi connectivity index (χ1v) is 10.7. The molecule has 0 saturated carbocycles. The second-order valence-electron chi connectivity index (χ2n) is 7.43. The fraction of sp³-hybridized carbons (Fsp3) is 0.391. The quantitative estimate of drug-likeness (QED) is 0.734. The van der Waals surface area contributed by atoms with E-state index in [4.69, 9.17) is 11.6 Å². The van der Waals surface area contributed by atoms with Crippen molar-refractivity contribution in [3.8, 4) is 0 Å². The molecule has 2 aromatic rings. The van der Waals surface area contributed by atoms with Crippen LogP contribution in [0.5, 0.6) is 0 Å². The van der Waals surface area contributed by atoms with Crippen LogP contribution in [0, 0.1) is 0 Å². The smallest absolute Gasteiger partial charge is 0.244 e. The molecule has 1 fully saturated rings. The molecule has 3 rings (SSSR count). The highest BCUT2D eigenvalue weighted by Crippen LogP contribution is 2.20. The van der Waals surface area contributed by atoms with Crippen molar-refractivity contribution in [2.45, 2.75) is 19.9 Å². The number of para-hydroxylation sites is 2. The maximum Gasteiger partial charge on any atom is 0.244 e. The molecule has 6 nitrogen and oxygen atoms in total. The van der Waals surface area contributed by atoms with Gasteiger partial charge < -0.3 is 10.2 Å². The SMILES string of the molecule is CCN(C(=O)[C@@H](C)N1CCN(CC(=O)Nc2ccccc2Cl)CC1)c1ccccc1. The van der Waals surface area contributed by atoms with Crippen molar-refractivity contribution in [1.29, 1.82) is 0 Å². The molecule has 0 radical (unpaired) electrons. The van der Waals surface area contributed by atoms with E-state index >= 15 is 0 Å². The van der Waals surface area contributed by atoms with Crippen molar-refractivity contribution in [2.75, 3.05) is 49.5 Å². The first kappa shape index (κ1) is 22.3. The average Bonchev–Trinajstić information content (AvgIpc) is 2.76. The molecule has 1 heterocycles. The predicted octanol–water partition coefficient (Wildman–Crippen LogP) is 3.34. The lowest BCUT2D eigenvalue weighted by molar-refractivity contribution is -0.124. The first-order valence-electron chi connectivity index (χ1n) is 10.4. The van der Waals surface area contributed by atoms with Gasteiger partial charge in [0, 0.05) is 38.4 Å². The van der Waals surface area contributed by atoms with Crippen LogP contribution in [-0.2, 0) is 9.59 Å². The molecule has 0 unspecified atom stereocenters. The van der Waals surface area contributed by atoms with Crippen LogP contribution in [0.3, 0.4) is 0 Å². The molecular weight excluding hydrogens is 400 g/mol. The van der Waals surface area contributed by atoms with Gasteiger partial charge in [-0.25, -0.2) is 0 Å². The van der Waals surface area contributed by atoms with E-state index in [1.165, 1.54) is 0 Å². The van der Waals surface area contributed by atoms with Crippen LogP contribution >= 0.6 is 11.6 Å². The summed E-state index contributed by atoms with van der Waals surface area (Å²) in [6, 6.07) is 16.8. The lowest BCUT2D eigenvalue weighted by atomic mass is 10.1. The molecule has 2 aromatic carbocycles. The number of rotatable bonds is 7. The topological polar surface area (TPSA) is 55.9 Å². The van der Waals surface area contributed by atoms with E-state index < -0.39 is 0 Å². The molecule has 0 aromatic heterocycles. The Labute approximate surface area is 183 Å². The van der Waals surface area contributed by atoms with Gasteiger partial charge in [-0.15, -0.1) is 0 Å². The molecule has 1 atom stereocenters. The Kier molecular flexibility index (Phi) is 7.85. The van der Waals surface area contributed by atoms with Gasteiger partial charge in [0.1, 0.15) is 0 Å². The number of nitrogens with zero attached hydrogens (tertiary/aromatic N) is 3. The third-order valence-corrected chi connectivity index (χ3v) is 5.81. The molecule has 1 aliphatic rings. The van der Waals surface area contributed by atoms with E-state index in [0.717, 1.165) is 31.9 Å². The monoisotopic (exact) mass is 428 g/mol. The van der Waals surface area contributed by atoms with Crippen LogP contribution in [-0.4, -0.2) is 66.9 Å². The zero-order valence-corrected chi connectivity index (χ0v) is 18.3. The Balaban J connectivity index is 1.50. The number of piperazine rings is 1. The van der Waals surface area contributed by atoms with E-state index in [9.17, 15) is 9.59 Å². The van der Waals surface area contributed by atoms with Gasteiger partial charge in [-0.3, -0.25) is 19.4 Å². The van der Waals surface area contributed by atoms with E-state index in [1.807, 2.05) is 61.2 Å². The number of hydrogen-bond acceptors (Lipinski definition) is 4. The van der Waals surface area contributed by atoms with Crippen molar-refractivity contribution < 1.29 is 9.59 Å². The Morgan fingerprint density at radius 2 is 1.67 bits per heavy atom. The normalized spacial score (nSPS) is 16.1. The van der Waals surface area contributed by atoms with Crippen molar-refractivity contribution >= 4 is 34.8 Å². The minimum Gasteiger partial charge on any atom is -0.324 e. The molecular formula is C23H29ClN4O2. The number of anilines is 2. The van der Waals surface area contributed by atoms with Gasteiger partial charge in [0.25, 0.3) is 0 Å². The van der Waals surface area contributed by atoms with Crippen LogP contribution in [0.1, 0.15) is 13.8 Å². The zero-order valence-electron chi connectivity index (χ0n) is 17.6. The number of carbonyl (C=O) groups excluding carboxylic acids is 2. The van der Waals surface area contributed by atoms with Gasteiger partial charge in [-0.1, -0.05) is 41.9 Å². The highest BCUT2D eigenvalue weighted by Gasteiger charge is 2.29. The van der Waals surface area contributed by atoms with Crippen LogP contribution in [0.2, 0.25) is 5.02 Å². The minimum atomic E-state index is -0.204. The summed E-state index contributed by atoms with van der Waals surface area (Å²) in [6.07, 6.45) is 0. The predicted molar refractivity (Wildman–Crippen MR) is 122 cm³/mol. The number of halogens is 1. The molecule has 30 heavy (non-hydrogen) atoms. The van der Waals surface area contributed by atoms with Gasteiger partial charge >= 0.3 is 0 Å². The van der Waals surface area contributed by atoms with Crippen molar-refractivity contribution in [3.63, 3.8) is 0 Å². The lowest BCUT2D eigenvalue weighted by Gasteiger charge is -2.38. The number of amides is 2. The summed E-state index contributed by atoms with van der Waals surface area (Å²) in [5.41, 5.74) is 1.55. The van der Waals surface area contributed by atoms with Crippen molar-refractivity contribution in [1.82, 2.24) is 9.80 Å². The number of nitrogens with one attached hydrogen (secondary N) is 1. The van der Waals surface area contributed by atoms with Gasteiger partial charge in [-0.05, 0) is 38.1 Å². The van der Waals surface area contributed by atoms with E-state index in [1.54, 1.807) is 12.1 Å². The molecule has 0 spiro atoms. The number of likely N-dealkylation sites (N-methyl/N-ethyl adjacent to an activating group) is 1. The van der Waals surface area contributed by atoms with Crippen LogP contribution in [0.15, 0.2) is 54.6 Å². The molecule has 1 aliphatic heterocycles. The molecule has 1 saturated heterocycles. The van der Waals surface area contributed by atoms with Gasteiger partial charge in [-0.2, -0.15) is 0 Å². The summed E-state index contributed by atoms with van der Waals surface area (Å²) in [5.74, 6) is 0.0236. The maximum atomic E-state index is 13.1. The Morgan fingerprint density at radius 3 is 2.30 bits per heavy atom. The van der Waals surface area contributed by atoms with Crippen molar-refractivity contribution in [2.24, 2.45) is 0 Å². The molecule has 7 heteroatoms. The lowest BCUT2D eigenvalue weighted by Crippen LogP contribution is -2.55. The Bertz CT molecular complexity index is 853. The molecule has 160 valence electrons. The van der Waals surface area contributed by atoms with Crippen LogP contribution in [0.25, 0.3) is 0 Å². The summed E-state index contributed by atoms with van der Waals surface area (Å²) >= 11 is 6.11. The van der Waals surface area contributed by atoms with E-state index in [0.29, 0.717) is 23.8 Å². The highest BCUT2D eigenvalue weighted by atomic mass is 35.5. The van der Waals surface area contributed by atoms with Gasteiger partial charge in [0.2, 0.25) is 11.8 Å². The molecule has 1 N–H and O–H groups in total. The fourth-order valence-electron chi connectivity index (χ4n) is 3.72. The highest BCUT2D eigenvalue weighted by molar-refractivity contribution is 6.33. The van der Waals surface area contributed by atoms with Crippen molar-refractivity contribution in [3.05, 3.63) is 59.6 Å². The standard InChI is InChI=1S/C23H29ClN4O2/c1-3-28(19-9-5-4-6-10-19)23(30)18(2)27-15-13-26(14-16-27)17-22(29)25-21-12-8-7-11-20(21)24/h4-12,18H,3,13-17H2,1-2H3,(H,25,29)/t18-/m1/s1. The second-order valence-corrected chi connectivity index (χ2v) is 7.84. The second kappa shape index (κ2) is 10.6. The summed E-state index contributed by atoms with van der Waals surface area (Å²) in [6.45, 7) is 7.88.